The Labute approximate surface area is 174 Å². The van der Waals surface area contributed by atoms with Crippen molar-refractivity contribution in [3.8, 4) is 11.4 Å². The highest BCUT2D eigenvalue weighted by atomic mass is 19.1. The topological polar surface area (TPSA) is 38.1 Å². The zero-order chi connectivity index (χ0) is 20.8. The smallest absolute Gasteiger partial charge is 0.226 e. The molecule has 3 aromatic rings. The molecular weight excluding hydrogens is 384 g/mol. The molecule has 1 amide bonds. The fourth-order valence-corrected chi connectivity index (χ4v) is 4.88. The summed E-state index contributed by atoms with van der Waals surface area (Å²) in [5, 5.41) is 0. The van der Waals surface area contributed by atoms with E-state index in [-0.39, 0.29) is 17.9 Å². The predicted octanol–water partition coefficient (Wildman–Crippen LogP) is 4.54. The van der Waals surface area contributed by atoms with Gasteiger partial charge in [-0.3, -0.25) is 4.79 Å². The van der Waals surface area contributed by atoms with E-state index in [4.69, 9.17) is 0 Å². The zero-order valence-electron chi connectivity index (χ0n) is 16.8. The highest BCUT2D eigenvalue weighted by Crippen LogP contribution is 2.35. The van der Waals surface area contributed by atoms with Gasteiger partial charge in [-0.25, -0.2) is 13.8 Å². The van der Waals surface area contributed by atoms with Crippen LogP contribution in [0.2, 0.25) is 0 Å². The van der Waals surface area contributed by atoms with Gasteiger partial charge in [0.1, 0.15) is 17.5 Å². The SMILES string of the molecule is C[C@@H]1c2cc(F)cc(F)c2CCN1C(=O)[C@@H]1CCn2c(cnc2-c2ccccc2)C1. The minimum absolute atomic E-state index is 0.0616. The number of hydrogen-bond acceptors (Lipinski definition) is 2. The van der Waals surface area contributed by atoms with Crippen LogP contribution in [0, 0.1) is 17.6 Å². The van der Waals surface area contributed by atoms with E-state index in [0.717, 1.165) is 36.1 Å². The maximum absolute atomic E-state index is 14.1. The van der Waals surface area contributed by atoms with Gasteiger partial charge in [-0.05, 0) is 37.0 Å². The summed E-state index contributed by atoms with van der Waals surface area (Å²) in [5.74, 6) is -0.254. The van der Waals surface area contributed by atoms with Crippen LogP contribution in [0.3, 0.4) is 0 Å². The van der Waals surface area contributed by atoms with Crippen molar-refractivity contribution in [1.29, 1.82) is 0 Å². The normalized spacial score (nSPS) is 20.6. The lowest BCUT2D eigenvalue weighted by Gasteiger charge is -2.38. The number of rotatable bonds is 2. The summed E-state index contributed by atoms with van der Waals surface area (Å²) in [5.41, 5.74) is 3.24. The molecule has 1 aromatic heterocycles. The monoisotopic (exact) mass is 407 g/mol. The van der Waals surface area contributed by atoms with Crippen LogP contribution < -0.4 is 0 Å². The molecule has 0 aliphatic carbocycles. The number of fused-ring (bicyclic) bond motifs is 2. The first-order valence-electron chi connectivity index (χ1n) is 10.4. The van der Waals surface area contributed by atoms with Gasteiger partial charge < -0.3 is 9.47 Å². The van der Waals surface area contributed by atoms with E-state index in [1.165, 1.54) is 6.07 Å². The number of carbonyl (C=O) groups is 1. The van der Waals surface area contributed by atoms with Gasteiger partial charge in [-0.1, -0.05) is 30.3 Å². The van der Waals surface area contributed by atoms with Gasteiger partial charge in [0.25, 0.3) is 0 Å². The summed E-state index contributed by atoms with van der Waals surface area (Å²) in [6.07, 6.45) is 3.64. The molecule has 5 rings (SSSR count). The second kappa shape index (κ2) is 7.35. The number of aromatic nitrogens is 2. The lowest BCUT2D eigenvalue weighted by Crippen LogP contribution is -2.44. The molecule has 0 unspecified atom stereocenters. The Balaban J connectivity index is 1.37. The largest absolute Gasteiger partial charge is 0.335 e. The fourth-order valence-electron chi connectivity index (χ4n) is 4.88. The Hall–Kier alpha value is -3.02. The Bertz CT molecular complexity index is 1110. The van der Waals surface area contributed by atoms with Gasteiger partial charge in [0.15, 0.2) is 0 Å². The summed E-state index contributed by atoms with van der Waals surface area (Å²) >= 11 is 0. The van der Waals surface area contributed by atoms with Crippen LogP contribution in [0.25, 0.3) is 11.4 Å². The summed E-state index contributed by atoms with van der Waals surface area (Å²) in [6, 6.07) is 12.0. The summed E-state index contributed by atoms with van der Waals surface area (Å²) < 4.78 is 30.1. The van der Waals surface area contributed by atoms with Gasteiger partial charge >= 0.3 is 0 Å². The third kappa shape index (κ3) is 3.11. The molecular formula is C24H23F2N3O. The highest BCUT2D eigenvalue weighted by molar-refractivity contribution is 5.80. The van der Waals surface area contributed by atoms with Crippen molar-refractivity contribution in [1.82, 2.24) is 14.5 Å². The molecule has 0 saturated carbocycles. The number of halogens is 2. The lowest BCUT2D eigenvalue weighted by atomic mass is 9.89. The molecule has 2 aliphatic heterocycles. The molecule has 0 spiro atoms. The lowest BCUT2D eigenvalue weighted by molar-refractivity contribution is -0.138. The second-order valence-corrected chi connectivity index (χ2v) is 8.19. The van der Waals surface area contributed by atoms with Crippen molar-refractivity contribution in [2.45, 2.75) is 38.8 Å². The molecule has 0 radical (unpaired) electrons. The van der Waals surface area contributed by atoms with Gasteiger partial charge in [0.05, 0.1) is 6.04 Å². The van der Waals surface area contributed by atoms with Crippen LogP contribution in [0.4, 0.5) is 8.78 Å². The number of amides is 1. The van der Waals surface area contributed by atoms with Crippen LogP contribution in [0.15, 0.2) is 48.7 Å². The Kier molecular flexibility index (Phi) is 4.65. The summed E-state index contributed by atoms with van der Waals surface area (Å²) in [7, 11) is 0. The van der Waals surface area contributed by atoms with E-state index in [0.29, 0.717) is 30.5 Å². The summed E-state index contributed by atoms with van der Waals surface area (Å²) in [4.78, 5) is 19.7. The van der Waals surface area contributed by atoms with Crippen molar-refractivity contribution < 1.29 is 13.6 Å². The first-order chi connectivity index (χ1) is 14.5. The fraction of sp³-hybridized carbons (Fsp3) is 0.333. The van der Waals surface area contributed by atoms with Crippen molar-refractivity contribution >= 4 is 5.91 Å². The van der Waals surface area contributed by atoms with Crippen molar-refractivity contribution in [2.75, 3.05) is 6.54 Å². The maximum atomic E-state index is 14.1. The Morgan fingerprint density at radius 1 is 1.13 bits per heavy atom. The molecule has 2 atom stereocenters. The standard InChI is InChI=1S/C24H23F2N3O/c1-15-21-12-18(25)13-22(26)20(21)8-10-28(15)24(30)17-7-9-29-19(11-17)14-27-23(29)16-5-3-2-4-6-16/h2-6,12-15,17H,7-11H2,1H3/t15-,17-/m1/s1. The minimum atomic E-state index is -0.595. The quantitative estimate of drug-likeness (QED) is 0.626. The molecule has 154 valence electrons. The maximum Gasteiger partial charge on any atom is 0.226 e. The van der Waals surface area contributed by atoms with Crippen LogP contribution in [-0.4, -0.2) is 26.9 Å². The molecule has 0 bridgehead atoms. The third-order valence-corrected chi connectivity index (χ3v) is 6.47. The predicted molar refractivity (Wildman–Crippen MR) is 110 cm³/mol. The number of hydrogen-bond donors (Lipinski definition) is 0. The van der Waals surface area contributed by atoms with E-state index in [1.54, 1.807) is 4.90 Å². The number of imidazole rings is 1. The number of nitrogens with zero attached hydrogens (tertiary/aromatic N) is 3. The van der Waals surface area contributed by atoms with Crippen molar-refractivity contribution in [3.05, 3.63) is 77.1 Å². The van der Waals surface area contributed by atoms with Gasteiger partial charge in [-0.2, -0.15) is 0 Å². The highest BCUT2D eigenvalue weighted by Gasteiger charge is 2.35. The average Bonchev–Trinajstić information content (AvgIpc) is 3.18. The molecule has 6 heteroatoms. The van der Waals surface area contributed by atoms with Crippen LogP contribution in [0.5, 0.6) is 0 Å². The summed E-state index contributed by atoms with van der Waals surface area (Å²) in [6.45, 7) is 3.05. The second-order valence-electron chi connectivity index (χ2n) is 8.19. The van der Waals surface area contributed by atoms with Crippen LogP contribution >= 0.6 is 0 Å². The first-order valence-corrected chi connectivity index (χ1v) is 10.4. The Morgan fingerprint density at radius 3 is 2.73 bits per heavy atom. The molecule has 2 aromatic carbocycles. The molecule has 0 saturated heterocycles. The molecule has 3 heterocycles. The van der Waals surface area contributed by atoms with E-state index in [9.17, 15) is 13.6 Å². The van der Waals surface area contributed by atoms with Gasteiger partial charge in [-0.15, -0.1) is 0 Å². The molecule has 0 N–H and O–H groups in total. The zero-order valence-corrected chi connectivity index (χ0v) is 16.8. The molecule has 2 aliphatic rings. The number of carbonyl (C=O) groups excluding carboxylic acids is 1. The number of benzene rings is 2. The van der Waals surface area contributed by atoms with Crippen molar-refractivity contribution in [3.63, 3.8) is 0 Å². The Morgan fingerprint density at radius 2 is 1.93 bits per heavy atom. The van der Waals surface area contributed by atoms with Crippen LogP contribution in [0.1, 0.15) is 36.2 Å². The van der Waals surface area contributed by atoms with E-state index in [2.05, 4.69) is 9.55 Å². The molecule has 0 fully saturated rings. The van der Waals surface area contributed by atoms with Gasteiger partial charge in [0, 0.05) is 48.9 Å². The van der Waals surface area contributed by atoms with E-state index < -0.39 is 11.6 Å². The third-order valence-electron chi connectivity index (χ3n) is 6.47. The minimum Gasteiger partial charge on any atom is -0.335 e. The van der Waals surface area contributed by atoms with E-state index >= 15 is 0 Å². The van der Waals surface area contributed by atoms with Gasteiger partial charge in [0.2, 0.25) is 5.91 Å². The molecule has 4 nitrogen and oxygen atoms in total. The molecule has 30 heavy (non-hydrogen) atoms. The first kappa shape index (κ1) is 19.0. The van der Waals surface area contributed by atoms with Crippen LogP contribution in [-0.2, 0) is 24.2 Å². The van der Waals surface area contributed by atoms with E-state index in [1.807, 2.05) is 43.5 Å². The van der Waals surface area contributed by atoms with Crippen molar-refractivity contribution in [2.24, 2.45) is 5.92 Å². The average molecular weight is 407 g/mol.